The summed E-state index contributed by atoms with van der Waals surface area (Å²) in [5, 5.41) is 8.93. The van der Waals surface area contributed by atoms with E-state index >= 15 is 0 Å². The first-order valence-corrected chi connectivity index (χ1v) is 9.69. The van der Waals surface area contributed by atoms with Crippen LogP contribution in [0.4, 0.5) is 10.1 Å². The Kier molecular flexibility index (Phi) is 5.94. The Morgan fingerprint density at radius 1 is 1.41 bits per heavy atom. The first kappa shape index (κ1) is 19.5. The van der Waals surface area contributed by atoms with Crippen LogP contribution in [0.3, 0.4) is 0 Å². The van der Waals surface area contributed by atoms with Gasteiger partial charge in [-0.3, -0.25) is 9.48 Å². The molecule has 0 spiro atoms. The minimum Gasteiger partial charge on any atom is -0.326 e. The SMILES string of the molecule is C[C@H](C[C@H](N)c1cc(-c2ccnn2C)cs1)C(=O)Nc1ccc(F)c(Cl)c1. The summed E-state index contributed by atoms with van der Waals surface area (Å²) in [6.07, 6.45) is 2.24. The van der Waals surface area contributed by atoms with Crippen molar-refractivity contribution in [2.45, 2.75) is 19.4 Å². The quantitative estimate of drug-likeness (QED) is 0.628. The maximum atomic E-state index is 13.2. The van der Waals surface area contributed by atoms with E-state index in [1.54, 1.807) is 22.2 Å². The summed E-state index contributed by atoms with van der Waals surface area (Å²) < 4.78 is 15.0. The number of amides is 1. The Balaban J connectivity index is 1.62. The second-order valence-corrected chi connectivity index (χ2v) is 7.79. The molecule has 2 atom stereocenters. The molecule has 1 amide bonds. The highest BCUT2D eigenvalue weighted by molar-refractivity contribution is 7.10. The number of benzene rings is 1. The molecule has 0 bridgehead atoms. The fraction of sp³-hybridized carbons (Fsp3) is 0.263. The fourth-order valence-electron chi connectivity index (χ4n) is 2.78. The molecule has 0 saturated heterocycles. The zero-order valence-electron chi connectivity index (χ0n) is 14.9. The van der Waals surface area contributed by atoms with Crippen molar-refractivity contribution in [1.82, 2.24) is 9.78 Å². The molecule has 3 rings (SSSR count). The number of hydrogen-bond acceptors (Lipinski definition) is 4. The lowest BCUT2D eigenvalue weighted by Crippen LogP contribution is -2.24. The molecule has 27 heavy (non-hydrogen) atoms. The minimum atomic E-state index is -0.522. The third-order valence-corrected chi connectivity index (χ3v) is 5.70. The summed E-state index contributed by atoms with van der Waals surface area (Å²) >= 11 is 7.31. The number of carbonyl (C=O) groups excluding carboxylic acids is 1. The van der Waals surface area contributed by atoms with Gasteiger partial charge in [-0.25, -0.2) is 4.39 Å². The Hall–Kier alpha value is -2.22. The number of anilines is 1. The average molecular weight is 407 g/mol. The van der Waals surface area contributed by atoms with E-state index in [-0.39, 0.29) is 22.9 Å². The number of thiophene rings is 1. The number of hydrogen-bond donors (Lipinski definition) is 2. The van der Waals surface area contributed by atoms with Gasteiger partial charge in [0.2, 0.25) is 5.91 Å². The van der Waals surface area contributed by atoms with Crippen molar-refractivity contribution < 1.29 is 9.18 Å². The van der Waals surface area contributed by atoms with Gasteiger partial charge in [-0.05, 0) is 36.8 Å². The first-order valence-electron chi connectivity index (χ1n) is 8.43. The van der Waals surface area contributed by atoms with Crippen molar-refractivity contribution in [3.8, 4) is 11.3 Å². The number of rotatable bonds is 6. The van der Waals surface area contributed by atoms with Crippen LogP contribution >= 0.6 is 22.9 Å². The highest BCUT2D eigenvalue weighted by Crippen LogP contribution is 2.31. The molecule has 2 aromatic heterocycles. The Morgan fingerprint density at radius 3 is 2.85 bits per heavy atom. The lowest BCUT2D eigenvalue weighted by atomic mass is 10.00. The Morgan fingerprint density at radius 2 is 2.19 bits per heavy atom. The number of nitrogens with one attached hydrogen (secondary N) is 1. The highest BCUT2D eigenvalue weighted by atomic mass is 35.5. The van der Waals surface area contributed by atoms with Crippen LogP contribution in [-0.2, 0) is 11.8 Å². The monoisotopic (exact) mass is 406 g/mol. The van der Waals surface area contributed by atoms with E-state index in [2.05, 4.69) is 10.4 Å². The molecule has 2 heterocycles. The van der Waals surface area contributed by atoms with Crippen molar-refractivity contribution in [2.75, 3.05) is 5.32 Å². The van der Waals surface area contributed by atoms with Crippen LogP contribution in [0, 0.1) is 11.7 Å². The van der Waals surface area contributed by atoms with Gasteiger partial charge in [-0.2, -0.15) is 5.10 Å². The van der Waals surface area contributed by atoms with Gasteiger partial charge in [-0.1, -0.05) is 18.5 Å². The van der Waals surface area contributed by atoms with E-state index in [1.165, 1.54) is 18.2 Å². The molecular formula is C19H20ClFN4OS. The molecule has 5 nitrogen and oxygen atoms in total. The predicted molar refractivity (Wildman–Crippen MR) is 107 cm³/mol. The summed E-state index contributed by atoms with van der Waals surface area (Å²) in [5.41, 5.74) is 8.85. The van der Waals surface area contributed by atoms with Crippen molar-refractivity contribution in [2.24, 2.45) is 18.7 Å². The summed E-state index contributed by atoms with van der Waals surface area (Å²) in [7, 11) is 1.89. The van der Waals surface area contributed by atoms with Crippen molar-refractivity contribution in [3.05, 3.63) is 57.6 Å². The van der Waals surface area contributed by atoms with Gasteiger partial charge in [0, 0.05) is 46.7 Å². The van der Waals surface area contributed by atoms with Crippen molar-refractivity contribution >= 4 is 34.5 Å². The van der Waals surface area contributed by atoms with E-state index in [0.29, 0.717) is 12.1 Å². The lowest BCUT2D eigenvalue weighted by Gasteiger charge is -2.16. The van der Waals surface area contributed by atoms with Gasteiger partial charge in [0.15, 0.2) is 0 Å². The number of carbonyl (C=O) groups is 1. The van der Waals surface area contributed by atoms with E-state index < -0.39 is 5.82 Å². The number of nitrogens with two attached hydrogens (primary N) is 1. The zero-order chi connectivity index (χ0) is 19.6. The molecule has 0 saturated carbocycles. The lowest BCUT2D eigenvalue weighted by molar-refractivity contribution is -0.119. The molecule has 1 aromatic carbocycles. The standard InChI is InChI=1S/C19H20ClFN4OS/c1-11(19(26)24-13-3-4-15(21)14(20)9-13)7-16(22)18-8-12(10-27-18)17-5-6-23-25(17)2/h3-6,8-11,16H,7,22H2,1-2H3,(H,24,26)/t11-,16+/m1/s1. The zero-order valence-corrected chi connectivity index (χ0v) is 16.5. The smallest absolute Gasteiger partial charge is 0.227 e. The first-order chi connectivity index (χ1) is 12.8. The largest absolute Gasteiger partial charge is 0.326 e. The third-order valence-electron chi connectivity index (χ3n) is 4.34. The maximum Gasteiger partial charge on any atom is 0.227 e. The second kappa shape index (κ2) is 8.21. The molecule has 142 valence electrons. The second-order valence-electron chi connectivity index (χ2n) is 6.44. The number of aromatic nitrogens is 2. The van der Waals surface area contributed by atoms with Gasteiger partial charge < -0.3 is 11.1 Å². The molecule has 3 N–H and O–H groups in total. The van der Waals surface area contributed by atoms with Crippen molar-refractivity contribution in [1.29, 1.82) is 0 Å². The number of aryl methyl sites for hydroxylation is 1. The highest BCUT2D eigenvalue weighted by Gasteiger charge is 2.20. The van der Waals surface area contributed by atoms with E-state index in [1.807, 2.05) is 31.5 Å². The van der Waals surface area contributed by atoms with Crippen LogP contribution < -0.4 is 11.1 Å². The van der Waals surface area contributed by atoms with Crippen LogP contribution in [0.15, 0.2) is 41.9 Å². The van der Waals surface area contributed by atoms with E-state index in [0.717, 1.165) is 16.1 Å². The molecule has 0 aliphatic rings. The van der Waals surface area contributed by atoms with Gasteiger partial charge in [-0.15, -0.1) is 11.3 Å². The molecule has 0 fully saturated rings. The van der Waals surface area contributed by atoms with E-state index in [9.17, 15) is 9.18 Å². The van der Waals surface area contributed by atoms with Crippen LogP contribution in [0.5, 0.6) is 0 Å². The van der Waals surface area contributed by atoms with Crippen LogP contribution in [0.2, 0.25) is 5.02 Å². The van der Waals surface area contributed by atoms with Crippen LogP contribution in [-0.4, -0.2) is 15.7 Å². The summed E-state index contributed by atoms with van der Waals surface area (Å²) in [4.78, 5) is 13.4. The van der Waals surface area contributed by atoms with Crippen LogP contribution in [0.25, 0.3) is 11.3 Å². The van der Waals surface area contributed by atoms with Crippen LogP contribution in [0.1, 0.15) is 24.3 Å². The summed E-state index contributed by atoms with van der Waals surface area (Å²) in [6, 6.07) is 7.82. The van der Waals surface area contributed by atoms with Gasteiger partial charge in [0.1, 0.15) is 5.82 Å². The number of nitrogens with zero attached hydrogens (tertiary/aromatic N) is 2. The molecule has 0 radical (unpaired) electrons. The fourth-order valence-corrected chi connectivity index (χ4v) is 3.88. The molecule has 3 aromatic rings. The predicted octanol–water partition coefficient (Wildman–Crippen LogP) is 4.61. The topological polar surface area (TPSA) is 72.9 Å². The minimum absolute atomic E-state index is 0.0292. The summed E-state index contributed by atoms with van der Waals surface area (Å²) in [5.74, 6) is -1.02. The third kappa shape index (κ3) is 4.55. The van der Waals surface area contributed by atoms with Crippen molar-refractivity contribution in [3.63, 3.8) is 0 Å². The van der Waals surface area contributed by atoms with E-state index in [4.69, 9.17) is 17.3 Å². The molecule has 0 unspecified atom stereocenters. The maximum absolute atomic E-state index is 13.2. The Labute approximate surface area is 166 Å². The van der Waals surface area contributed by atoms with Gasteiger partial charge in [0.25, 0.3) is 0 Å². The molecule has 0 aliphatic heterocycles. The summed E-state index contributed by atoms with van der Waals surface area (Å²) in [6.45, 7) is 1.82. The Bertz CT molecular complexity index is 955. The molecular weight excluding hydrogens is 387 g/mol. The van der Waals surface area contributed by atoms with Gasteiger partial charge >= 0.3 is 0 Å². The molecule has 8 heteroatoms. The normalized spacial score (nSPS) is 13.4. The van der Waals surface area contributed by atoms with Gasteiger partial charge in [0.05, 0.1) is 10.7 Å². The average Bonchev–Trinajstić information content (AvgIpc) is 3.26. The molecule has 0 aliphatic carbocycles. The number of halogens is 2.